The number of hydrogen-bond donors (Lipinski definition) is 1. The molecule has 1 heterocycles. The van der Waals surface area contributed by atoms with E-state index in [4.69, 9.17) is 16.3 Å². The molecule has 0 aromatic rings. The van der Waals surface area contributed by atoms with Crippen LogP contribution in [0.15, 0.2) is 0 Å². The molecule has 1 fully saturated rings. The van der Waals surface area contributed by atoms with Gasteiger partial charge in [0, 0.05) is 31.1 Å². The zero-order valence-corrected chi connectivity index (χ0v) is 11.5. The molecule has 1 aliphatic heterocycles. The van der Waals surface area contributed by atoms with E-state index in [-0.39, 0.29) is 5.38 Å². The molecule has 16 heavy (non-hydrogen) atoms. The third-order valence-corrected chi connectivity index (χ3v) is 3.21. The zero-order valence-electron chi connectivity index (χ0n) is 10.7. The number of ether oxygens (including phenoxy) is 1. The summed E-state index contributed by atoms with van der Waals surface area (Å²) in [4.78, 5) is 2.47. The van der Waals surface area contributed by atoms with Crippen LogP contribution in [0.2, 0.25) is 0 Å². The number of rotatable bonds is 6. The third kappa shape index (κ3) is 5.48. The van der Waals surface area contributed by atoms with Gasteiger partial charge < -0.3 is 10.1 Å². The first-order chi connectivity index (χ1) is 7.59. The predicted octanol–water partition coefficient (Wildman–Crippen LogP) is 1.70. The van der Waals surface area contributed by atoms with Crippen LogP contribution in [-0.4, -0.2) is 55.2 Å². The van der Waals surface area contributed by atoms with Crippen molar-refractivity contribution in [3.63, 3.8) is 0 Å². The highest BCUT2D eigenvalue weighted by molar-refractivity contribution is 6.20. The normalized spacial score (nSPS) is 24.9. The number of morpholine rings is 1. The van der Waals surface area contributed by atoms with Crippen LogP contribution in [-0.2, 0) is 4.74 Å². The molecule has 0 aliphatic carbocycles. The van der Waals surface area contributed by atoms with Gasteiger partial charge in [-0.2, -0.15) is 0 Å². The van der Waals surface area contributed by atoms with Crippen molar-refractivity contribution < 1.29 is 4.74 Å². The molecule has 0 saturated carbocycles. The number of nitrogens with one attached hydrogen (secondary N) is 1. The van der Waals surface area contributed by atoms with Crippen molar-refractivity contribution in [1.82, 2.24) is 10.2 Å². The van der Waals surface area contributed by atoms with Crippen molar-refractivity contribution in [3.8, 4) is 0 Å². The number of nitrogens with zero attached hydrogens (tertiary/aromatic N) is 1. The fourth-order valence-corrected chi connectivity index (χ4v) is 2.01. The molecule has 2 unspecified atom stereocenters. The van der Waals surface area contributed by atoms with E-state index in [2.05, 4.69) is 24.1 Å². The summed E-state index contributed by atoms with van der Waals surface area (Å²) < 4.78 is 5.73. The Labute approximate surface area is 104 Å². The van der Waals surface area contributed by atoms with E-state index in [1.807, 2.05) is 6.92 Å². The summed E-state index contributed by atoms with van der Waals surface area (Å²) in [6.07, 6.45) is 1.35. The van der Waals surface area contributed by atoms with E-state index < -0.39 is 0 Å². The second kappa shape index (κ2) is 7.49. The van der Waals surface area contributed by atoms with Crippen molar-refractivity contribution >= 4 is 11.6 Å². The summed E-state index contributed by atoms with van der Waals surface area (Å²) in [7, 11) is 0. The van der Waals surface area contributed by atoms with Crippen LogP contribution >= 0.6 is 11.6 Å². The molecule has 0 spiro atoms. The highest BCUT2D eigenvalue weighted by Gasteiger charge is 2.21. The Hall–Kier alpha value is 0.170. The van der Waals surface area contributed by atoms with E-state index in [0.29, 0.717) is 12.1 Å². The summed E-state index contributed by atoms with van der Waals surface area (Å²) in [6.45, 7) is 11.4. The van der Waals surface area contributed by atoms with Crippen LogP contribution in [0.25, 0.3) is 0 Å². The minimum atomic E-state index is 0.256. The highest BCUT2D eigenvalue weighted by atomic mass is 35.5. The van der Waals surface area contributed by atoms with Gasteiger partial charge in [0.2, 0.25) is 0 Å². The number of hydrogen-bond acceptors (Lipinski definition) is 3. The fraction of sp³-hybridized carbons (Fsp3) is 1.00. The van der Waals surface area contributed by atoms with Crippen molar-refractivity contribution in [1.29, 1.82) is 0 Å². The van der Waals surface area contributed by atoms with E-state index in [1.54, 1.807) is 0 Å². The Morgan fingerprint density at radius 3 is 2.81 bits per heavy atom. The van der Waals surface area contributed by atoms with Gasteiger partial charge in [-0.15, -0.1) is 11.6 Å². The number of alkyl halides is 1. The van der Waals surface area contributed by atoms with E-state index >= 15 is 0 Å². The van der Waals surface area contributed by atoms with Crippen LogP contribution in [0.3, 0.4) is 0 Å². The first-order valence-corrected chi connectivity index (χ1v) is 6.73. The average molecular weight is 249 g/mol. The topological polar surface area (TPSA) is 24.5 Å². The van der Waals surface area contributed by atoms with E-state index in [1.165, 1.54) is 0 Å². The van der Waals surface area contributed by atoms with Crippen LogP contribution in [0.4, 0.5) is 0 Å². The molecule has 4 heteroatoms. The standard InChI is InChI=1S/C12H25ClN2O/c1-10(2)15-6-7-16-12(9-15)8-14-5-4-11(3)13/h10-12,14H,4-9H2,1-3H3. The molecule has 2 atom stereocenters. The Bertz CT molecular complexity index is 188. The molecule has 0 aromatic carbocycles. The Morgan fingerprint density at radius 2 is 2.19 bits per heavy atom. The molecule has 96 valence electrons. The SMILES string of the molecule is CC(Cl)CCNCC1CN(C(C)C)CCO1. The van der Waals surface area contributed by atoms with Crippen LogP contribution in [0.1, 0.15) is 27.2 Å². The minimum absolute atomic E-state index is 0.256. The van der Waals surface area contributed by atoms with Gasteiger partial charge in [-0.25, -0.2) is 0 Å². The van der Waals surface area contributed by atoms with Crippen molar-refractivity contribution in [2.45, 2.75) is 44.7 Å². The van der Waals surface area contributed by atoms with Gasteiger partial charge in [-0.1, -0.05) is 0 Å². The summed E-state index contributed by atoms with van der Waals surface area (Å²) >= 11 is 5.88. The van der Waals surface area contributed by atoms with Gasteiger partial charge in [-0.3, -0.25) is 4.90 Å². The first-order valence-electron chi connectivity index (χ1n) is 6.30. The van der Waals surface area contributed by atoms with Crippen molar-refractivity contribution in [2.75, 3.05) is 32.8 Å². The average Bonchev–Trinajstić information content (AvgIpc) is 2.24. The van der Waals surface area contributed by atoms with Crippen molar-refractivity contribution in [3.05, 3.63) is 0 Å². The van der Waals surface area contributed by atoms with Crippen LogP contribution in [0, 0.1) is 0 Å². The molecule has 3 nitrogen and oxygen atoms in total. The van der Waals surface area contributed by atoms with Crippen LogP contribution < -0.4 is 5.32 Å². The maximum atomic E-state index is 5.88. The largest absolute Gasteiger partial charge is 0.374 e. The molecule has 0 radical (unpaired) electrons. The lowest BCUT2D eigenvalue weighted by Gasteiger charge is -2.35. The van der Waals surface area contributed by atoms with E-state index in [0.717, 1.165) is 39.2 Å². The Balaban J connectivity index is 2.12. The molecule has 1 aliphatic rings. The summed E-state index contributed by atoms with van der Waals surface area (Å²) in [5.74, 6) is 0. The van der Waals surface area contributed by atoms with E-state index in [9.17, 15) is 0 Å². The predicted molar refractivity (Wildman–Crippen MR) is 69.3 cm³/mol. The Morgan fingerprint density at radius 1 is 1.44 bits per heavy atom. The highest BCUT2D eigenvalue weighted by Crippen LogP contribution is 2.08. The molecular weight excluding hydrogens is 224 g/mol. The maximum absolute atomic E-state index is 5.88. The molecule has 1 N–H and O–H groups in total. The maximum Gasteiger partial charge on any atom is 0.0826 e. The second-order valence-electron chi connectivity index (χ2n) is 4.86. The lowest BCUT2D eigenvalue weighted by atomic mass is 10.2. The van der Waals surface area contributed by atoms with Gasteiger partial charge in [0.1, 0.15) is 0 Å². The van der Waals surface area contributed by atoms with Gasteiger partial charge >= 0.3 is 0 Å². The smallest absolute Gasteiger partial charge is 0.0826 e. The van der Waals surface area contributed by atoms with Gasteiger partial charge in [-0.05, 0) is 33.7 Å². The minimum Gasteiger partial charge on any atom is -0.374 e. The lowest BCUT2D eigenvalue weighted by molar-refractivity contribution is -0.0370. The number of halogens is 1. The van der Waals surface area contributed by atoms with Gasteiger partial charge in [0.05, 0.1) is 12.7 Å². The monoisotopic (exact) mass is 248 g/mol. The van der Waals surface area contributed by atoms with Crippen LogP contribution in [0.5, 0.6) is 0 Å². The van der Waals surface area contributed by atoms with Gasteiger partial charge in [0.25, 0.3) is 0 Å². The third-order valence-electron chi connectivity index (χ3n) is 2.99. The zero-order chi connectivity index (χ0) is 12.0. The second-order valence-corrected chi connectivity index (χ2v) is 5.60. The molecular formula is C12H25ClN2O. The molecule has 0 aromatic heterocycles. The quantitative estimate of drug-likeness (QED) is 0.572. The fourth-order valence-electron chi connectivity index (χ4n) is 1.90. The lowest BCUT2D eigenvalue weighted by Crippen LogP contribution is -2.49. The first kappa shape index (κ1) is 14.2. The summed E-state index contributed by atoms with van der Waals surface area (Å²) in [6, 6.07) is 0.620. The summed E-state index contributed by atoms with van der Waals surface area (Å²) in [5.41, 5.74) is 0. The molecule has 0 bridgehead atoms. The van der Waals surface area contributed by atoms with Gasteiger partial charge in [0.15, 0.2) is 0 Å². The Kier molecular flexibility index (Phi) is 6.66. The summed E-state index contributed by atoms with van der Waals surface area (Å²) in [5, 5.41) is 3.67. The van der Waals surface area contributed by atoms with Crippen molar-refractivity contribution in [2.24, 2.45) is 0 Å². The molecule has 1 saturated heterocycles. The molecule has 1 rings (SSSR count). The molecule has 0 amide bonds.